The number of hydrogen-bond donors (Lipinski definition) is 1. The lowest BCUT2D eigenvalue weighted by Crippen LogP contribution is -2.52. The van der Waals surface area contributed by atoms with Crippen molar-refractivity contribution in [3.63, 3.8) is 0 Å². The second kappa shape index (κ2) is 13.3. The number of hydrogen-bond acceptors (Lipinski definition) is 8. The minimum Gasteiger partial charge on any atom is -0.508 e. The summed E-state index contributed by atoms with van der Waals surface area (Å²) < 4.78 is 44.1. The second-order valence-corrected chi connectivity index (χ2v) is 14.4. The number of phenols is 1. The predicted octanol–water partition coefficient (Wildman–Crippen LogP) is 7.24. The van der Waals surface area contributed by atoms with Crippen molar-refractivity contribution in [2.24, 2.45) is 11.3 Å². The van der Waals surface area contributed by atoms with Crippen LogP contribution in [0, 0.1) is 35.3 Å². The first-order valence-electron chi connectivity index (χ1n) is 17.9. The van der Waals surface area contributed by atoms with Crippen LogP contribution in [0.25, 0.3) is 32.9 Å². The van der Waals surface area contributed by atoms with Gasteiger partial charge in [0.15, 0.2) is 5.82 Å². The molecule has 0 bridgehead atoms. The molecule has 0 amide bonds. The maximum Gasteiger partial charge on any atom is 0.319 e. The van der Waals surface area contributed by atoms with E-state index in [4.69, 9.17) is 25.9 Å². The first kappa shape index (κ1) is 32.2. The van der Waals surface area contributed by atoms with Crippen LogP contribution in [0.2, 0.25) is 0 Å². The van der Waals surface area contributed by atoms with Crippen molar-refractivity contribution in [1.82, 2.24) is 19.9 Å². The summed E-state index contributed by atoms with van der Waals surface area (Å²) in [6.45, 7) is 5.20. The molecule has 0 spiro atoms. The van der Waals surface area contributed by atoms with E-state index in [1.165, 1.54) is 62.8 Å². The summed E-state index contributed by atoms with van der Waals surface area (Å²) in [6.07, 6.45) is 19.2. The third-order valence-electron chi connectivity index (χ3n) is 11.6. The summed E-state index contributed by atoms with van der Waals surface area (Å²) in [5, 5.41) is 11.8. The van der Waals surface area contributed by atoms with E-state index < -0.39 is 11.6 Å². The normalized spacial score (nSPS) is 23.3. The molecule has 4 aromatic rings. The van der Waals surface area contributed by atoms with Crippen molar-refractivity contribution in [1.29, 1.82) is 0 Å². The van der Waals surface area contributed by atoms with Crippen LogP contribution in [0.3, 0.4) is 0 Å². The molecule has 2 saturated carbocycles. The van der Waals surface area contributed by atoms with Crippen molar-refractivity contribution in [2.75, 3.05) is 50.9 Å². The molecule has 2 unspecified atom stereocenters. The van der Waals surface area contributed by atoms with Gasteiger partial charge in [0.05, 0.1) is 24.2 Å². The van der Waals surface area contributed by atoms with Crippen molar-refractivity contribution in [2.45, 2.75) is 70.3 Å². The van der Waals surface area contributed by atoms with Crippen molar-refractivity contribution in [3.05, 3.63) is 47.7 Å². The number of aromatic hydroxyl groups is 1. The van der Waals surface area contributed by atoms with Gasteiger partial charge < -0.3 is 19.5 Å². The number of fused-ring (bicyclic) bond motifs is 3. The lowest BCUT2D eigenvalue weighted by molar-refractivity contribution is -0.00421. The van der Waals surface area contributed by atoms with Gasteiger partial charge >= 0.3 is 6.01 Å². The van der Waals surface area contributed by atoms with Gasteiger partial charge in [-0.1, -0.05) is 37.7 Å². The molecule has 49 heavy (non-hydrogen) atoms. The first-order valence-corrected chi connectivity index (χ1v) is 17.9. The quantitative estimate of drug-likeness (QED) is 0.197. The van der Waals surface area contributed by atoms with Gasteiger partial charge in [0.2, 0.25) is 0 Å². The molecular weight excluding hydrogens is 624 g/mol. The Labute approximate surface area is 285 Å². The molecule has 8 nitrogen and oxygen atoms in total. The lowest BCUT2D eigenvalue weighted by atomic mass is 9.75. The van der Waals surface area contributed by atoms with Gasteiger partial charge in [-0.25, -0.2) is 8.78 Å². The number of halogens is 2. The molecule has 2 aromatic carbocycles. The number of ether oxygens (including phenoxy) is 2. The van der Waals surface area contributed by atoms with Crippen LogP contribution in [0.15, 0.2) is 30.5 Å². The standard InChI is InChI=1S/C39H43F2N5O3/c1-2-28-31(40)11-10-26-21-27(47)22-29(33(26)28)35-34(41)36-30(23-42-35)37(46-16-6-19-48-20-18-46)44-38(43-36)49-24-39-13-4-9-32(39)45(15-5-14-39)17-12-25-7-3-8-25/h1,10-11,21-23,25,32,47H,3-9,12-20,24H2. The molecular formula is C39H43F2N5O3. The SMILES string of the molecule is C#Cc1c(F)ccc2cc(O)cc(-c3ncc4c(N5CCCOCC5)nc(OCC56CCCC5N(CCC5CCC5)CCC6)nc4c3F)c12. The highest BCUT2D eigenvalue weighted by Gasteiger charge is 2.48. The Morgan fingerprint density at radius 3 is 2.73 bits per heavy atom. The number of anilines is 1. The van der Waals surface area contributed by atoms with Crippen LogP contribution < -0.4 is 9.64 Å². The van der Waals surface area contributed by atoms with E-state index in [1.54, 1.807) is 6.20 Å². The second-order valence-electron chi connectivity index (χ2n) is 14.4. The maximum absolute atomic E-state index is 16.9. The third-order valence-corrected chi connectivity index (χ3v) is 11.6. The maximum atomic E-state index is 16.9. The van der Waals surface area contributed by atoms with Gasteiger partial charge in [-0.3, -0.25) is 9.88 Å². The largest absolute Gasteiger partial charge is 0.508 e. The number of terminal acetylenes is 1. The van der Waals surface area contributed by atoms with E-state index in [0.29, 0.717) is 60.9 Å². The number of pyridine rings is 1. The lowest BCUT2D eigenvalue weighted by Gasteiger charge is -2.46. The minimum atomic E-state index is -0.715. The summed E-state index contributed by atoms with van der Waals surface area (Å²) in [5.74, 6) is 2.39. The fraction of sp³-hybridized carbons (Fsp3) is 0.513. The first-order chi connectivity index (χ1) is 23.9. The minimum absolute atomic E-state index is 0.0188. The highest BCUT2D eigenvalue weighted by molar-refractivity contribution is 6.03. The Morgan fingerprint density at radius 1 is 1.02 bits per heavy atom. The zero-order valence-corrected chi connectivity index (χ0v) is 27.9. The molecule has 4 fully saturated rings. The molecule has 0 radical (unpaired) electrons. The van der Waals surface area contributed by atoms with Crippen molar-refractivity contribution in [3.8, 4) is 35.4 Å². The van der Waals surface area contributed by atoms with Crippen LogP contribution in [-0.2, 0) is 4.74 Å². The zero-order valence-electron chi connectivity index (χ0n) is 27.9. The number of phenolic OH excluding ortho intramolecular Hbond substituents is 1. The van der Waals surface area contributed by atoms with E-state index in [1.807, 2.05) is 0 Å². The number of rotatable bonds is 8. The summed E-state index contributed by atoms with van der Waals surface area (Å²) in [7, 11) is 0. The highest BCUT2D eigenvalue weighted by Crippen LogP contribution is 2.48. The van der Waals surface area contributed by atoms with Gasteiger partial charge in [0.1, 0.15) is 28.6 Å². The van der Waals surface area contributed by atoms with Crippen molar-refractivity contribution >= 4 is 27.5 Å². The van der Waals surface area contributed by atoms with E-state index in [-0.39, 0.29) is 39.5 Å². The van der Waals surface area contributed by atoms with E-state index in [2.05, 4.69) is 20.7 Å². The molecule has 2 atom stereocenters. The zero-order chi connectivity index (χ0) is 33.5. The molecule has 4 heterocycles. The molecule has 8 rings (SSSR count). The fourth-order valence-corrected chi connectivity index (χ4v) is 8.84. The molecule has 1 N–H and O–H groups in total. The Bertz CT molecular complexity index is 1920. The van der Waals surface area contributed by atoms with Crippen LogP contribution >= 0.6 is 0 Å². The average Bonchev–Trinajstić information content (AvgIpc) is 3.33. The summed E-state index contributed by atoms with van der Waals surface area (Å²) in [4.78, 5) is 18.9. The Kier molecular flexibility index (Phi) is 8.75. The van der Waals surface area contributed by atoms with Crippen molar-refractivity contribution < 1.29 is 23.4 Å². The molecule has 256 valence electrons. The highest BCUT2D eigenvalue weighted by atomic mass is 19.1. The number of likely N-dealkylation sites (tertiary alicyclic amines) is 1. The van der Waals surface area contributed by atoms with Gasteiger partial charge in [-0.2, -0.15) is 9.97 Å². The number of aromatic nitrogens is 3. The average molecular weight is 668 g/mol. The van der Waals surface area contributed by atoms with Gasteiger partial charge in [-0.15, -0.1) is 6.42 Å². The van der Waals surface area contributed by atoms with E-state index in [9.17, 15) is 9.50 Å². The molecule has 2 aliphatic heterocycles. The van der Waals surface area contributed by atoms with Crippen LogP contribution in [0.4, 0.5) is 14.6 Å². The summed E-state index contributed by atoms with van der Waals surface area (Å²) >= 11 is 0. The third kappa shape index (κ3) is 5.95. The monoisotopic (exact) mass is 667 g/mol. The molecule has 2 aromatic heterocycles. The van der Waals surface area contributed by atoms with Crippen LogP contribution in [0.5, 0.6) is 11.8 Å². The van der Waals surface area contributed by atoms with Gasteiger partial charge in [0, 0.05) is 48.3 Å². The van der Waals surface area contributed by atoms with Crippen LogP contribution in [0.1, 0.15) is 69.8 Å². The Hall–Kier alpha value is -4.07. The Balaban J connectivity index is 1.19. The molecule has 10 heteroatoms. The Morgan fingerprint density at radius 2 is 1.90 bits per heavy atom. The summed E-state index contributed by atoms with van der Waals surface area (Å²) in [6, 6.07) is 6.20. The number of benzene rings is 2. The van der Waals surface area contributed by atoms with E-state index >= 15 is 4.39 Å². The molecule has 2 saturated heterocycles. The molecule has 2 aliphatic carbocycles. The van der Waals surface area contributed by atoms with Crippen LogP contribution in [-0.4, -0.2) is 77.0 Å². The number of nitrogens with zero attached hydrogens (tertiary/aromatic N) is 5. The smallest absolute Gasteiger partial charge is 0.319 e. The number of piperidine rings is 1. The topological polar surface area (TPSA) is 83.8 Å². The molecule has 4 aliphatic rings. The van der Waals surface area contributed by atoms with Gasteiger partial charge in [0.25, 0.3) is 0 Å². The summed E-state index contributed by atoms with van der Waals surface area (Å²) in [5.41, 5.74) is 0.144. The van der Waals surface area contributed by atoms with Gasteiger partial charge in [-0.05, 0) is 81.1 Å². The fourth-order valence-electron chi connectivity index (χ4n) is 8.84. The predicted molar refractivity (Wildman–Crippen MR) is 186 cm³/mol. The van der Waals surface area contributed by atoms with E-state index in [0.717, 1.165) is 44.7 Å².